The lowest BCUT2D eigenvalue weighted by Gasteiger charge is -2.17. The van der Waals surface area contributed by atoms with Crippen molar-refractivity contribution in [3.8, 4) is 5.75 Å². The van der Waals surface area contributed by atoms with E-state index in [4.69, 9.17) is 32.9 Å². The minimum Gasteiger partial charge on any atom is -0.486 e. The number of aromatic nitrogens is 4. The van der Waals surface area contributed by atoms with Crippen molar-refractivity contribution in [3.05, 3.63) is 144 Å². The van der Waals surface area contributed by atoms with Gasteiger partial charge in [0.2, 0.25) is 0 Å². The Labute approximate surface area is 251 Å². The molecular weight excluding hydrogens is 571 g/mol. The molecule has 0 aliphatic carbocycles. The number of benzene rings is 3. The quantitative estimate of drug-likeness (QED) is 0.185. The van der Waals surface area contributed by atoms with E-state index in [0.29, 0.717) is 33.2 Å². The zero-order valence-electron chi connectivity index (χ0n) is 22.8. The summed E-state index contributed by atoms with van der Waals surface area (Å²) in [6, 6.07) is 26.3. The zero-order valence-corrected chi connectivity index (χ0v) is 24.3. The van der Waals surface area contributed by atoms with Gasteiger partial charge in [-0.15, -0.1) is 0 Å². The molecule has 9 heteroatoms. The smallest absolute Gasteiger partial charge is 0.332 e. The van der Waals surface area contributed by atoms with Gasteiger partial charge in [-0.3, -0.25) is 18.9 Å². The van der Waals surface area contributed by atoms with E-state index in [2.05, 4.69) is 4.98 Å². The van der Waals surface area contributed by atoms with Crippen LogP contribution in [0.15, 0.2) is 101 Å². The molecule has 0 amide bonds. The van der Waals surface area contributed by atoms with Crippen LogP contribution in [0, 0.1) is 6.92 Å². The first kappa shape index (κ1) is 27.7. The highest BCUT2D eigenvalue weighted by Gasteiger charge is 2.22. The van der Waals surface area contributed by atoms with E-state index < -0.39 is 11.2 Å². The number of rotatable bonds is 8. The van der Waals surface area contributed by atoms with Crippen LogP contribution in [-0.4, -0.2) is 19.1 Å². The Morgan fingerprint density at radius 1 is 0.810 bits per heavy atom. The van der Waals surface area contributed by atoms with Gasteiger partial charge >= 0.3 is 5.69 Å². The van der Waals surface area contributed by atoms with Crippen LogP contribution in [-0.2, 0) is 26.1 Å². The number of fused-ring (bicyclic) bond motifs is 2. The molecule has 42 heavy (non-hydrogen) atoms. The van der Waals surface area contributed by atoms with Gasteiger partial charge in [-0.25, -0.2) is 9.78 Å². The molecule has 0 aliphatic rings. The van der Waals surface area contributed by atoms with Gasteiger partial charge in [0.25, 0.3) is 5.56 Å². The van der Waals surface area contributed by atoms with Crippen LogP contribution in [0.4, 0.5) is 0 Å². The highest BCUT2D eigenvalue weighted by molar-refractivity contribution is 6.34. The van der Waals surface area contributed by atoms with Gasteiger partial charge in [0.15, 0.2) is 11.4 Å². The predicted octanol–water partition coefficient (Wildman–Crippen LogP) is 6.59. The van der Waals surface area contributed by atoms with Crippen LogP contribution >= 0.6 is 23.2 Å². The molecule has 0 atom stereocenters. The number of nitrogens with zero attached hydrogens (tertiary/aromatic N) is 4. The number of aryl methyl sites for hydroxylation is 2. The minimum absolute atomic E-state index is 0.108. The predicted molar refractivity (Wildman–Crippen MR) is 167 cm³/mol. The van der Waals surface area contributed by atoms with Gasteiger partial charge in [0, 0.05) is 22.8 Å². The summed E-state index contributed by atoms with van der Waals surface area (Å²) in [5.41, 5.74) is 3.97. The van der Waals surface area contributed by atoms with Crippen LogP contribution in [0.3, 0.4) is 0 Å². The summed E-state index contributed by atoms with van der Waals surface area (Å²) < 4.78 is 9.12. The summed E-state index contributed by atoms with van der Waals surface area (Å²) in [5, 5.41) is 1.17. The normalized spacial score (nSPS) is 11.3. The summed E-state index contributed by atoms with van der Waals surface area (Å²) in [7, 11) is 0. The van der Waals surface area contributed by atoms with E-state index in [1.165, 1.54) is 9.13 Å². The standard InChI is InChI=1S/C33H26Cl2N4O3/c1-21-7-5-10-24(15-21)19-39-31-28(32(40)38(33(39)41)14-12-23-16-25(34)18-26(35)17-23)30(29-27(37-31)11-6-13-36-29)42-20-22-8-3-2-4-9-22/h2-11,13,15-18H,12,14,19-20H2,1H3. The van der Waals surface area contributed by atoms with Crippen LogP contribution in [0.5, 0.6) is 5.75 Å². The van der Waals surface area contributed by atoms with E-state index in [1.807, 2.05) is 61.5 Å². The van der Waals surface area contributed by atoms with Crippen molar-refractivity contribution in [2.45, 2.75) is 33.0 Å². The molecule has 0 N–H and O–H groups in total. The maximum atomic E-state index is 14.2. The molecule has 0 bridgehead atoms. The van der Waals surface area contributed by atoms with Gasteiger partial charge in [-0.2, -0.15) is 0 Å². The largest absolute Gasteiger partial charge is 0.486 e. The molecule has 0 aliphatic heterocycles. The van der Waals surface area contributed by atoms with Gasteiger partial charge in [-0.05, 0) is 60.4 Å². The average Bonchev–Trinajstić information content (AvgIpc) is 2.97. The lowest BCUT2D eigenvalue weighted by Crippen LogP contribution is -2.41. The topological polar surface area (TPSA) is 79.0 Å². The van der Waals surface area contributed by atoms with Gasteiger partial charge < -0.3 is 4.74 Å². The molecule has 0 spiro atoms. The molecule has 6 aromatic rings. The van der Waals surface area contributed by atoms with Crippen LogP contribution in [0.25, 0.3) is 22.1 Å². The first-order chi connectivity index (χ1) is 20.4. The second-order valence-corrected chi connectivity index (χ2v) is 11.0. The molecule has 0 unspecified atom stereocenters. The van der Waals surface area contributed by atoms with Crippen molar-refractivity contribution in [1.82, 2.24) is 19.1 Å². The summed E-state index contributed by atoms with van der Waals surface area (Å²) in [4.78, 5) is 37.6. The maximum Gasteiger partial charge on any atom is 0.332 e. The van der Waals surface area contributed by atoms with Crippen LogP contribution in [0.2, 0.25) is 10.0 Å². The molecule has 210 valence electrons. The average molecular weight is 598 g/mol. The third-order valence-corrected chi connectivity index (χ3v) is 7.49. The van der Waals surface area contributed by atoms with E-state index in [1.54, 1.807) is 36.5 Å². The molecule has 3 heterocycles. The Balaban J connectivity index is 1.57. The molecule has 0 radical (unpaired) electrons. The highest BCUT2D eigenvalue weighted by Crippen LogP contribution is 2.30. The summed E-state index contributed by atoms with van der Waals surface area (Å²) in [5.74, 6) is 0.294. The molecule has 0 saturated heterocycles. The Bertz CT molecular complexity index is 2040. The fourth-order valence-corrected chi connectivity index (χ4v) is 5.67. The fourth-order valence-electron chi connectivity index (χ4n) is 5.10. The second-order valence-electron chi connectivity index (χ2n) is 10.1. The molecule has 3 aromatic heterocycles. The Kier molecular flexibility index (Phi) is 7.78. The molecule has 6 rings (SSSR count). The number of hydrogen-bond acceptors (Lipinski definition) is 5. The Hall–Kier alpha value is -4.46. The molecular formula is C33H26Cl2N4O3. The number of halogens is 2. The van der Waals surface area contributed by atoms with Crippen molar-refractivity contribution in [2.24, 2.45) is 0 Å². The lowest BCUT2D eigenvalue weighted by atomic mass is 10.1. The van der Waals surface area contributed by atoms with Gasteiger partial charge in [-0.1, -0.05) is 83.4 Å². The number of ether oxygens (including phenoxy) is 1. The second kappa shape index (κ2) is 11.8. The van der Waals surface area contributed by atoms with Crippen LogP contribution < -0.4 is 16.0 Å². The first-order valence-electron chi connectivity index (χ1n) is 13.5. The SMILES string of the molecule is Cc1cccc(Cn2c(=O)n(CCc3cc(Cl)cc(Cl)c3)c(=O)c3c(OCc4ccccc4)c4ncccc4nc32)c1. The maximum absolute atomic E-state index is 14.2. The summed E-state index contributed by atoms with van der Waals surface area (Å²) >= 11 is 12.4. The zero-order chi connectivity index (χ0) is 29.2. The fraction of sp³-hybridized carbons (Fsp3) is 0.152. The number of hydrogen-bond donors (Lipinski definition) is 0. The van der Waals surface area contributed by atoms with Crippen molar-refractivity contribution in [3.63, 3.8) is 0 Å². The highest BCUT2D eigenvalue weighted by atomic mass is 35.5. The van der Waals surface area contributed by atoms with Crippen molar-refractivity contribution in [1.29, 1.82) is 0 Å². The van der Waals surface area contributed by atoms with Crippen LogP contribution in [0.1, 0.15) is 22.3 Å². The van der Waals surface area contributed by atoms with Gasteiger partial charge in [0.05, 0.1) is 12.1 Å². The lowest BCUT2D eigenvalue weighted by molar-refractivity contribution is 0.312. The summed E-state index contributed by atoms with van der Waals surface area (Å²) in [6.07, 6.45) is 2.00. The first-order valence-corrected chi connectivity index (χ1v) is 14.2. The third kappa shape index (κ3) is 5.66. The van der Waals surface area contributed by atoms with Gasteiger partial charge in [0.1, 0.15) is 17.5 Å². The van der Waals surface area contributed by atoms with Crippen molar-refractivity contribution >= 4 is 45.3 Å². The van der Waals surface area contributed by atoms with E-state index in [9.17, 15) is 9.59 Å². The third-order valence-electron chi connectivity index (χ3n) is 7.05. The monoisotopic (exact) mass is 596 g/mol. The Morgan fingerprint density at radius 3 is 2.33 bits per heavy atom. The molecule has 0 saturated carbocycles. The number of pyridine rings is 2. The van der Waals surface area contributed by atoms with Crippen molar-refractivity contribution in [2.75, 3.05) is 0 Å². The molecule has 3 aromatic carbocycles. The van der Waals surface area contributed by atoms with E-state index >= 15 is 0 Å². The Morgan fingerprint density at radius 2 is 1.57 bits per heavy atom. The molecule has 7 nitrogen and oxygen atoms in total. The van der Waals surface area contributed by atoms with Crippen molar-refractivity contribution < 1.29 is 4.74 Å². The minimum atomic E-state index is -0.494. The molecule has 0 fully saturated rings. The van der Waals surface area contributed by atoms with E-state index in [-0.39, 0.29) is 30.7 Å². The van der Waals surface area contributed by atoms with E-state index in [0.717, 1.165) is 22.3 Å². The summed E-state index contributed by atoms with van der Waals surface area (Å²) in [6.45, 7) is 2.53.